The number of rotatable bonds is 4. The van der Waals surface area contributed by atoms with Crippen LogP contribution in [0.5, 0.6) is 0 Å². The molecule has 0 aliphatic rings. The molecule has 0 atom stereocenters. The number of amides is 2. The van der Waals surface area contributed by atoms with E-state index >= 15 is 0 Å². The van der Waals surface area contributed by atoms with E-state index in [0.29, 0.717) is 23.7 Å². The van der Waals surface area contributed by atoms with Gasteiger partial charge in [-0.05, 0) is 30.5 Å². The van der Waals surface area contributed by atoms with Crippen molar-refractivity contribution in [2.24, 2.45) is 5.92 Å². The van der Waals surface area contributed by atoms with Gasteiger partial charge in [-0.2, -0.15) is 0 Å². The van der Waals surface area contributed by atoms with Crippen LogP contribution in [-0.4, -0.2) is 35.6 Å². The number of nitrogens with zero attached hydrogens (tertiary/aromatic N) is 1. The number of hydrogen-bond donors (Lipinski definition) is 2. The Morgan fingerprint density at radius 1 is 1.37 bits per heavy atom. The molecule has 5 nitrogen and oxygen atoms in total. The van der Waals surface area contributed by atoms with Gasteiger partial charge >= 0.3 is 12.0 Å². The van der Waals surface area contributed by atoms with Gasteiger partial charge < -0.3 is 15.3 Å². The summed E-state index contributed by atoms with van der Waals surface area (Å²) in [4.78, 5) is 24.5. The van der Waals surface area contributed by atoms with Crippen LogP contribution in [-0.2, 0) is 0 Å². The number of anilines is 1. The molecule has 0 aliphatic heterocycles. The summed E-state index contributed by atoms with van der Waals surface area (Å²) in [5.74, 6) is -0.619. The van der Waals surface area contributed by atoms with Crippen molar-refractivity contribution < 1.29 is 14.7 Å². The van der Waals surface area contributed by atoms with E-state index < -0.39 is 5.97 Å². The lowest BCUT2D eigenvalue weighted by Gasteiger charge is -2.20. The number of benzene rings is 1. The van der Waals surface area contributed by atoms with Gasteiger partial charge in [-0.15, -0.1) is 0 Å². The maximum Gasteiger partial charge on any atom is 0.336 e. The fraction of sp³-hybridized carbons (Fsp3) is 0.429. The first kappa shape index (κ1) is 15.0. The largest absolute Gasteiger partial charge is 0.478 e. The second-order valence-electron chi connectivity index (χ2n) is 4.99. The number of carbonyl (C=O) groups excluding carboxylic acids is 1. The normalized spacial score (nSPS) is 10.4. The third kappa shape index (κ3) is 3.98. The van der Waals surface area contributed by atoms with Gasteiger partial charge in [-0.1, -0.05) is 19.9 Å². The Morgan fingerprint density at radius 2 is 2.00 bits per heavy atom. The summed E-state index contributed by atoms with van der Waals surface area (Å²) >= 11 is 0. The fourth-order valence-corrected chi connectivity index (χ4v) is 1.84. The van der Waals surface area contributed by atoms with E-state index in [0.717, 1.165) is 0 Å². The van der Waals surface area contributed by atoms with E-state index in [1.54, 1.807) is 31.0 Å². The quantitative estimate of drug-likeness (QED) is 0.878. The molecule has 1 aromatic carbocycles. The molecule has 0 unspecified atom stereocenters. The van der Waals surface area contributed by atoms with E-state index in [1.165, 1.54) is 6.07 Å². The van der Waals surface area contributed by atoms with Gasteiger partial charge in [0, 0.05) is 19.3 Å². The fourth-order valence-electron chi connectivity index (χ4n) is 1.84. The minimum atomic E-state index is -0.996. The van der Waals surface area contributed by atoms with Crippen LogP contribution in [0.2, 0.25) is 0 Å². The van der Waals surface area contributed by atoms with E-state index in [4.69, 9.17) is 5.11 Å². The predicted octanol–water partition coefficient (Wildman–Crippen LogP) is 2.81. The average molecular weight is 264 g/mol. The maximum absolute atomic E-state index is 11.9. The SMILES string of the molecule is Cc1c(NC(=O)N(C)CC(C)C)cccc1C(=O)O. The van der Waals surface area contributed by atoms with Crippen molar-refractivity contribution in [3.05, 3.63) is 29.3 Å². The Bertz CT molecular complexity index is 484. The number of aromatic carboxylic acids is 1. The van der Waals surface area contributed by atoms with E-state index in [-0.39, 0.29) is 11.6 Å². The van der Waals surface area contributed by atoms with Gasteiger partial charge in [-0.3, -0.25) is 0 Å². The van der Waals surface area contributed by atoms with E-state index in [1.807, 2.05) is 13.8 Å². The molecular weight excluding hydrogens is 244 g/mol. The number of carboxylic acid groups (broad SMARTS) is 1. The van der Waals surface area contributed by atoms with Gasteiger partial charge in [0.2, 0.25) is 0 Å². The third-order valence-electron chi connectivity index (χ3n) is 2.79. The number of urea groups is 1. The molecule has 2 amide bonds. The Morgan fingerprint density at radius 3 is 2.53 bits per heavy atom. The standard InChI is InChI=1S/C14H20N2O3/c1-9(2)8-16(4)14(19)15-12-7-5-6-11(10(12)3)13(17)18/h5-7,9H,8H2,1-4H3,(H,15,19)(H,17,18). The molecule has 0 fully saturated rings. The lowest BCUT2D eigenvalue weighted by Crippen LogP contribution is -2.34. The first-order valence-corrected chi connectivity index (χ1v) is 6.18. The Balaban J connectivity index is 2.86. The topological polar surface area (TPSA) is 69.6 Å². The van der Waals surface area contributed by atoms with Gasteiger partial charge in [0.15, 0.2) is 0 Å². The minimum absolute atomic E-state index is 0.198. The Hall–Kier alpha value is -2.04. The number of carbonyl (C=O) groups is 2. The molecule has 0 bridgehead atoms. The molecule has 1 rings (SSSR count). The number of nitrogens with one attached hydrogen (secondary N) is 1. The van der Waals surface area contributed by atoms with Crippen molar-refractivity contribution in [1.82, 2.24) is 4.90 Å². The second-order valence-corrected chi connectivity index (χ2v) is 4.99. The van der Waals surface area contributed by atoms with Crippen molar-refractivity contribution in [2.75, 3.05) is 18.9 Å². The summed E-state index contributed by atoms with van der Waals surface area (Å²) in [7, 11) is 1.71. The van der Waals surface area contributed by atoms with Crippen LogP contribution in [0, 0.1) is 12.8 Å². The van der Waals surface area contributed by atoms with Crippen molar-refractivity contribution >= 4 is 17.7 Å². The first-order valence-electron chi connectivity index (χ1n) is 6.18. The number of carboxylic acids is 1. The average Bonchev–Trinajstić information content (AvgIpc) is 2.30. The highest BCUT2D eigenvalue weighted by Crippen LogP contribution is 2.19. The van der Waals surface area contributed by atoms with Crippen LogP contribution >= 0.6 is 0 Å². The van der Waals surface area contributed by atoms with Gasteiger partial charge in [0.25, 0.3) is 0 Å². The van der Waals surface area contributed by atoms with Crippen LogP contribution in [0.1, 0.15) is 29.8 Å². The monoisotopic (exact) mass is 264 g/mol. The van der Waals surface area contributed by atoms with Crippen LogP contribution in [0.4, 0.5) is 10.5 Å². The highest BCUT2D eigenvalue weighted by Gasteiger charge is 2.14. The van der Waals surface area contributed by atoms with Crippen molar-refractivity contribution in [3.8, 4) is 0 Å². The molecular formula is C14H20N2O3. The summed E-state index contributed by atoms with van der Waals surface area (Å²) in [5, 5.41) is 11.8. The molecule has 0 spiro atoms. The lowest BCUT2D eigenvalue weighted by molar-refractivity contribution is 0.0696. The van der Waals surface area contributed by atoms with Crippen molar-refractivity contribution in [2.45, 2.75) is 20.8 Å². The second kappa shape index (κ2) is 6.22. The summed E-state index contributed by atoms with van der Waals surface area (Å²) < 4.78 is 0. The van der Waals surface area contributed by atoms with Crippen LogP contribution in [0.25, 0.3) is 0 Å². The van der Waals surface area contributed by atoms with Gasteiger partial charge in [-0.25, -0.2) is 9.59 Å². The predicted molar refractivity (Wildman–Crippen MR) is 74.6 cm³/mol. The zero-order chi connectivity index (χ0) is 14.6. The molecule has 2 N–H and O–H groups in total. The zero-order valence-electron chi connectivity index (χ0n) is 11.7. The highest BCUT2D eigenvalue weighted by molar-refractivity contribution is 5.95. The summed E-state index contributed by atoms with van der Waals surface area (Å²) in [6, 6.07) is 4.60. The smallest absolute Gasteiger partial charge is 0.336 e. The maximum atomic E-state index is 11.9. The molecule has 104 valence electrons. The van der Waals surface area contributed by atoms with Crippen molar-refractivity contribution in [3.63, 3.8) is 0 Å². The molecule has 0 radical (unpaired) electrons. The van der Waals surface area contributed by atoms with Crippen LogP contribution in [0.3, 0.4) is 0 Å². The van der Waals surface area contributed by atoms with Crippen LogP contribution < -0.4 is 5.32 Å². The lowest BCUT2D eigenvalue weighted by atomic mass is 10.1. The number of hydrogen-bond acceptors (Lipinski definition) is 2. The molecule has 0 saturated heterocycles. The molecule has 1 aromatic rings. The van der Waals surface area contributed by atoms with Crippen LogP contribution in [0.15, 0.2) is 18.2 Å². The van der Waals surface area contributed by atoms with E-state index in [2.05, 4.69) is 5.32 Å². The van der Waals surface area contributed by atoms with Gasteiger partial charge in [0.05, 0.1) is 5.56 Å². The molecule has 0 saturated carbocycles. The van der Waals surface area contributed by atoms with E-state index in [9.17, 15) is 9.59 Å². The molecule has 5 heteroatoms. The molecule has 19 heavy (non-hydrogen) atoms. The zero-order valence-corrected chi connectivity index (χ0v) is 11.7. The highest BCUT2D eigenvalue weighted by atomic mass is 16.4. The minimum Gasteiger partial charge on any atom is -0.478 e. The summed E-state index contributed by atoms with van der Waals surface area (Å²) in [5.41, 5.74) is 1.28. The molecule has 0 heterocycles. The molecule has 0 aliphatic carbocycles. The Labute approximate surface area is 113 Å². The molecule has 0 aromatic heterocycles. The first-order chi connectivity index (χ1) is 8.82. The van der Waals surface area contributed by atoms with Gasteiger partial charge in [0.1, 0.15) is 0 Å². The third-order valence-corrected chi connectivity index (χ3v) is 2.79. The van der Waals surface area contributed by atoms with Crippen molar-refractivity contribution in [1.29, 1.82) is 0 Å². The Kier molecular flexibility index (Phi) is 4.92. The summed E-state index contributed by atoms with van der Waals surface area (Å²) in [6.07, 6.45) is 0. The summed E-state index contributed by atoms with van der Waals surface area (Å²) in [6.45, 7) is 6.38.